The van der Waals surface area contributed by atoms with Crippen LogP contribution in [-0.4, -0.2) is 45.9 Å². The molecule has 1 aliphatic rings. The van der Waals surface area contributed by atoms with Crippen LogP contribution in [0.2, 0.25) is 0 Å². The minimum atomic E-state index is 0.426. The van der Waals surface area contributed by atoms with E-state index in [2.05, 4.69) is 64.2 Å². The molecule has 0 bridgehead atoms. The second-order valence-electron chi connectivity index (χ2n) is 6.77. The first kappa shape index (κ1) is 16.2. The number of benzene rings is 1. The summed E-state index contributed by atoms with van der Waals surface area (Å²) in [6.45, 7) is 7.54. The van der Waals surface area contributed by atoms with Gasteiger partial charge in [0, 0.05) is 56.5 Å². The monoisotopic (exact) mass is 332 g/mol. The van der Waals surface area contributed by atoms with Crippen molar-refractivity contribution in [2.75, 3.05) is 26.2 Å². The molecular weight excluding hydrogens is 308 g/mol. The second kappa shape index (κ2) is 7.30. The zero-order chi connectivity index (χ0) is 17.1. The van der Waals surface area contributed by atoms with Crippen LogP contribution in [-0.2, 0) is 6.54 Å². The van der Waals surface area contributed by atoms with E-state index in [1.807, 2.05) is 18.5 Å². The SMILES string of the molecule is C[C@@H](c1cccnc1)N1CCN(Cc2ccc3ccccc3n2)CC1. The molecule has 4 nitrogen and oxygen atoms in total. The van der Waals surface area contributed by atoms with E-state index < -0.39 is 0 Å². The van der Waals surface area contributed by atoms with E-state index in [1.165, 1.54) is 10.9 Å². The fourth-order valence-corrected chi connectivity index (χ4v) is 3.57. The largest absolute Gasteiger partial charge is 0.295 e. The predicted molar refractivity (Wildman–Crippen MR) is 101 cm³/mol. The van der Waals surface area contributed by atoms with Crippen molar-refractivity contribution in [3.63, 3.8) is 0 Å². The van der Waals surface area contributed by atoms with Gasteiger partial charge in [-0.1, -0.05) is 30.3 Å². The van der Waals surface area contributed by atoms with E-state index in [1.54, 1.807) is 0 Å². The van der Waals surface area contributed by atoms with Crippen molar-refractivity contribution in [2.24, 2.45) is 0 Å². The molecule has 128 valence electrons. The predicted octanol–water partition coefficient (Wildman–Crippen LogP) is 3.51. The number of aromatic nitrogens is 2. The first-order valence-electron chi connectivity index (χ1n) is 9.00. The molecule has 0 amide bonds. The fourth-order valence-electron chi connectivity index (χ4n) is 3.57. The average molecular weight is 332 g/mol. The fraction of sp³-hybridized carbons (Fsp3) is 0.333. The van der Waals surface area contributed by atoms with Crippen molar-refractivity contribution in [1.82, 2.24) is 19.8 Å². The lowest BCUT2D eigenvalue weighted by molar-refractivity contribution is 0.0970. The molecule has 1 aromatic carbocycles. The van der Waals surface area contributed by atoms with Crippen LogP contribution in [0.3, 0.4) is 0 Å². The molecule has 4 rings (SSSR count). The molecule has 4 heteroatoms. The van der Waals surface area contributed by atoms with Gasteiger partial charge >= 0.3 is 0 Å². The zero-order valence-electron chi connectivity index (χ0n) is 14.7. The summed E-state index contributed by atoms with van der Waals surface area (Å²) in [4.78, 5) is 14.1. The quantitative estimate of drug-likeness (QED) is 0.732. The lowest BCUT2D eigenvalue weighted by atomic mass is 10.1. The Hall–Kier alpha value is -2.30. The van der Waals surface area contributed by atoms with E-state index in [-0.39, 0.29) is 0 Å². The van der Waals surface area contributed by atoms with Crippen LogP contribution in [0.5, 0.6) is 0 Å². The van der Waals surface area contributed by atoms with Gasteiger partial charge in [0.25, 0.3) is 0 Å². The van der Waals surface area contributed by atoms with Crippen LogP contribution in [0.25, 0.3) is 10.9 Å². The number of nitrogens with zero attached hydrogens (tertiary/aromatic N) is 4. The summed E-state index contributed by atoms with van der Waals surface area (Å²) in [7, 11) is 0. The highest BCUT2D eigenvalue weighted by Crippen LogP contribution is 2.21. The molecule has 1 saturated heterocycles. The summed E-state index contributed by atoms with van der Waals surface area (Å²) in [5.74, 6) is 0. The number of rotatable bonds is 4. The molecule has 0 spiro atoms. The normalized spacial score (nSPS) is 17.6. The van der Waals surface area contributed by atoms with Crippen molar-refractivity contribution in [2.45, 2.75) is 19.5 Å². The number of pyridine rings is 2. The van der Waals surface area contributed by atoms with Gasteiger partial charge in [-0.25, -0.2) is 0 Å². The molecule has 0 N–H and O–H groups in total. The maximum absolute atomic E-state index is 4.81. The van der Waals surface area contributed by atoms with E-state index in [9.17, 15) is 0 Å². The molecule has 1 fully saturated rings. The van der Waals surface area contributed by atoms with Gasteiger partial charge in [0.1, 0.15) is 0 Å². The van der Waals surface area contributed by atoms with Crippen LogP contribution in [0.15, 0.2) is 60.9 Å². The Balaban J connectivity index is 1.36. The number of fused-ring (bicyclic) bond motifs is 1. The second-order valence-corrected chi connectivity index (χ2v) is 6.77. The van der Waals surface area contributed by atoms with Crippen LogP contribution >= 0.6 is 0 Å². The van der Waals surface area contributed by atoms with Gasteiger partial charge in [-0.15, -0.1) is 0 Å². The zero-order valence-corrected chi connectivity index (χ0v) is 14.7. The van der Waals surface area contributed by atoms with E-state index in [0.717, 1.165) is 43.9 Å². The van der Waals surface area contributed by atoms with Crippen molar-refractivity contribution in [1.29, 1.82) is 0 Å². The molecule has 25 heavy (non-hydrogen) atoms. The summed E-state index contributed by atoms with van der Waals surface area (Å²) in [5, 5.41) is 1.21. The molecule has 3 aromatic rings. The molecule has 1 aliphatic heterocycles. The summed E-state index contributed by atoms with van der Waals surface area (Å²) >= 11 is 0. The molecular formula is C21H24N4. The van der Waals surface area contributed by atoms with Crippen molar-refractivity contribution in [3.8, 4) is 0 Å². The first-order valence-corrected chi connectivity index (χ1v) is 9.00. The highest BCUT2D eigenvalue weighted by atomic mass is 15.3. The minimum Gasteiger partial charge on any atom is -0.295 e. The van der Waals surface area contributed by atoms with Crippen LogP contribution < -0.4 is 0 Å². The number of para-hydroxylation sites is 1. The van der Waals surface area contributed by atoms with Gasteiger partial charge in [0.15, 0.2) is 0 Å². The Bertz CT molecular complexity index is 825. The molecule has 0 radical (unpaired) electrons. The van der Waals surface area contributed by atoms with Crippen molar-refractivity contribution in [3.05, 3.63) is 72.2 Å². The number of piperazine rings is 1. The van der Waals surface area contributed by atoms with Gasteiger partial charge in [0.2, 0.25) is 0 Å². The highest BCUT2D eigenvalue weighted by molar-refractivity contribution is 5.78. The molecule has 0 unspecified atom stereocenters. The van der Waals surface area contributed by atoms with Gasteiger partial charge < -0.3 is 0 Å². The van der Waals surface area contributed by atoms with Crippen molar-refractivity contribution >= 4 is 10.9 Å². The minimum absolute atomic E-state index is 0.426. The van der Waals surface area contributed by atoms with Gasteiger partial charge in [0.05, 0.1) is 11.2 Å². The topological polar surface area (TPSA) is 32.3 Å². The molecule has 3 heterocycles. The lowest BCUT2D eigenvalue weighted by Crippen LogP contribution is -2.46. The third-order valence-corrected chi connectivity index (χ3v) is 5.16. The van der Waals surface area contributed by atoms with Gasteiger partial charge in [-0.05, 0) is 30.7 Å². The average Bonchev–Trinajstić information content (AvgIpc) is 2.69. The van der Waals surface area contributed by atoms with E-state index >= 15 is 0 Å². The maximum atomic E-state index is 4.81. The molecule has 0 aliphatic carbocycles. The van der Waals surface area contributed by atoms with Gasteiger partial charge in [-0.3, -0.25) is 19.8 Å². The number of hydrogen-bond donors (Lipinski definition) is 0. The Morgan fingerprint density at radius 2 is 1.80 bits per heavy atom. The summed E-state index contributed by atoms with van der Waals surface area (Å²) in [6.07, 6.45) is 3.82. The van der Waals surface area contributed by atoms with Crippen molar-refractivity contribution < 1.29 is 0 Å². The maximum Gasteiger partial charge on any atom is 0.0705 e. The summed E-state index contributed by atoms with van der Waals surface area (Å²) in [5.41, 5.74) is 3.54. The molecule has 1 atom stereocenters. The Kier molecular flexibility index (Phi) is 4.72. The highest BCUT2D eigenvalue weighted by Gasteiger charge is 2.22. The molecule has 0 saturated carbocycles. The first-order chi connectivity index (χ1) is 12.3. The van der Waals surface area contributed by atoms with E-state index in [4.69, 9.17) is 4.98 Å². The van der Waals surface area contributed by atoms with Crippen LogP contribution in [0.4, 0.5) is 0 Å². The lowest BCUT2D eigenvalue weighted by Gasteiger charge is -2.38. The van der Waals surface area contributed by atoms with Gasteiger partial charge in [-0.2, -0.15) is 0 Å². The Morgan fingerprint density at radius 1 is 0.960 bits per heavy atom. The Morgan fingerprint density at radius 3 is 2.60 bits per heavy atom. The third-order valence-electron chi connectivity index (χ3n) is 5.16. The van der Waals surface area contributed by atoms with Crippen LogP contribution in [0, 0.1) is 0 Å². The molecule has 2 aromatic heterocycles. The summed E-state index contributed by atoms with van der Waals surface area (Å²) in [6, 6.07) is 17.3. The smallest absolute Gasteiger partial charge is 0.0705 e. The summed E-state index contributed by atoms with van der Waals surface area (Å²) < 4.78 is 0. The third kappa shape index (κ3) is 3.70. The number of hydrogen-bond acceptors (Lipinski definition) is 4. The van der Waals surface area contributed by atoms with Crippen LogP contribution in [0.1, 0.15) is 24.2 Å². The standard InChI is InChI=1S/C21H24N4/c1-17(19-6-4-10-22-15-19)25-13-11-24(12-14-25)16-20-9-8-18-5-2-3-7-21(18)23-20/h2-10,15,17H,11-14,16H2,1H3/t17-/m0/s1. The Labute approximate surface area is 149 Å². The van der Waals surface area contributed by atoms with E-state index in [0.29, 0.717) is 6.04 Å².